The Kier molecular flexibility index (Phi) is 12.5. The van der Waals surface area contributed by atoms with Gasteiger partial charge in [-0.05, 0) is 79.9 Å². The average molecular weight is 779 g/mol. The minimum Gasteiger partial charge on any atom is -0.508 e. The van der Waals surface area contributed by atoms with Crippen molar-refractivity contribution in [2.24, 2.45) is 0 Å². The second kappa shape index (κ2) is 17.2. The number of ether oxygens (including phenoxy) is 2. The van der Waals surface area contributed by atoms with Gasteiger partial charge < -0.3 is 45.3 Å². The number of esters is 1. The molecule has 1 amide bonds. The molecule has 286 valence electrons. The molecule has 6 N–H and O–H groups in total. The number of aliphatic hydroxyl groups is 2. The molecule has 6 rings (SSSR count). The number of nitrogens with zero attached hydrogens (tertiary/aromatic N) is 1. The van der Waals surface area contributed by atoms with Gasteiger partial charge in [-0.3, -0.25) is 9.59 Å². The number of fused-ring (bicyclic) bond motifs is 1. The number of H-pyrrole nitrogens is 1. The number of phenols is 1. The Labute approximate surface area is 319 Å². The van der Waals surface area contributed by atoms with Crippen LogP contribution in [0.15, 0.2) is 76.2 Å². The van der Waals surface area contributed by atoms with Gasteiger partial charge in [-0.15, -0.1) is 22.7 Å². The number of pyridine rings is 1. The molecule has 0 unspecified atom stereocenters. The number of hydrogen-bond donors (Lipinski definition) is 6. The molecule has 54 heavy (non-hydrogen) atoms. The lowest BCUT2D eigenvalue weighted by Gasteiger charge is -2.35. The van der Waals surface area contributed by atoms with Crippen molar-refractivity contribution < 1.29 is 38.8 Å². The fourth-order valence-electron chi connectivity index (χ4n) is 6.87. The van der Waals surface area contributed by atoms with Gasteiger partial charge in [-0.2, -0.15) is 0 Å². The summed E-state index contributed by atoms with van der Waals surface area (Å²) in [5, 5.41) is 42.7. The topological polar surface area (TPSA) is 173 Å². The Hall–Kier alpha value is -4.64. The van der Waals surface area contributed by atoms with Crippen LogP contribution in [0.5, 0.6) is 11.5 Å². The number of aromatic amines is 1. The maximum atomic E-state index is 15.2. The van der Waals surface area contributed by atoms with Crippen molar-refractivity contribution in [3.8, 4) is 11.5 Å². The first-order chi connectivity index (χ1) is 26.0. The van der Waals surface area contributed by atoms with Crippen molar-refractivity contribution in [3.63, 3.8) is 0 Å². The highest BCUT2D eigenvalue weighted by molar-refractivity contribution is 7.12. The number of aliphatic hydroxyl groups excluding tert-OH is 1. The summed E-state index contributed by atoms with van der Waals surface area (Å²) in [7, 11) is 3.37. The van der Waals surface area contributed by atoms with E-state index < -0.39 is 23.5 Å². The number of carbonyl (C=O) groups excluding carboxylic acids is 2. The number of thiophene rings is 2. The number of benzene rings is 2. The summed E-state index contributed by atoms with van der Waals surface area (Å²) in [6, 6.07) is 15.7. The van der Waals surface area contributed by atoms with Gasteiger partial charge in [0.1, 0.15) is 23.4 Å². The van der Waals surface area contributed by atoms with E-state index in [9.17, 15) is 29.7 Å². The van der Waals surface area contributed by atoms with Crippen molar-refractivity contribution in [1.29, 1.82) is 0 Å². The highest BCUT2D eigenvalue weighted by atomic mass is 32.1. The van der Waals surface area contributed by atoms with E-state index in [-0.39, 0.29) is 60.1 Å². The number of hydrogen-bond acceptors (Lipinski definition) is 12. The summed E-state index contributed by atoms with van der Waals surface area (Å²) in [5.74, 6) is -1.48. The second-order valence-corrected chi connectivity index (χ2v) is 15.2. The van der Waals surface area contributed by atoms with Gasteiger partial charge >= 0.3 is 5.97 Å². The second-order valence-electron chi connectivity index (χ2n) is 13.4. The molecule has 0 radical (unpaired) electrons. The molecule has 0 spiro atoms. The molecule has 1 fully saturated rings. The highest BCUT2D eigenvalue weighted by Gasteiger charge is 2.45. The van der Waals surface area contributed by atoms with Crippen molar-refractivity contribution in [3.05, 3.63) is 108 Å². The molecule has 12 nitrogen and oxygen atoms in total. The Bertz CT molecular complexity index is 2080. The molecule has 0 saturated heterocycles. The Balaban J connectivity index is 0.968. The SMILES string of the molecule is COc1cc(NC(=O)CCN(C)C2CCC(OC(=O)C(O)(c3cccs3)c3cccs3)CC2)c(F)cc1CNC[C@H](O)c1c(O)ccc2[nH]c(=O)ccc12. The van der Waals surface area contributed by atoms with E-state index in [1.54, 1.807) is 30.3 Å². The van der Waals surface area contributed by atoms with Gasteiger partial charge in [0.15, 0.2) is 0 Å². The van der Waals surface area contributed by atoms with Crippen LogP contribution in [0.2, 0.25) is 0 Å². The summed E-state index contributed by atoms with van der Waals surface area (Å²) in [6.45, 7) is 0.553. The lowest BCUT2D eigenvalue weighted by atomic mass is 9.91. The van der Waals surface area contributed by atoms with Crippen LogP contribution in [0.4, 0.5) is 10.1 Å². The highest BCUT2D eigenvalue weighted by Crippen LogP contribution is 2.38. The Morgan fingerprint density at radius 3 is 2.41 bits per heavy atom. The van der Waals surface area contributed by atoms with Gasteiger partial charge in [0.05, 0.1) is 28.7 Å². The Morgan fingerprint density at radius 2 is 1.76 bits per heavy atom. The number of methoxy groups -OCH3 is 1. The number of nitrogens with one attached hydrogen (secondary N) is 3. The van der Waals surface area contributed by atoms with E-state index in [4.69, 9.17) is 9.47 Å². The maximum Gasteiger partial charge on any atom is 0.349 e. The Morgan fingerprint density at radius 1 is 1.06 bits per heavy atom. The van der Waals surface area contributed by atoms with E-state index in [2.05, 4.69) is 20.5 Å². The molecule has 1 saturated carbocycles. The van der Waals surface area contributed by atoms with Gasteiger partial charge in [0, 0.05) is 66.3 Å². The minimum absolute atomic E-state index is 0.00389. The van der Waals surface area contributed by atoms with Crippen LogP contribution in [0, 0.1) is 5.82 Å². The van der Waals surface area contributed by atoms with Gasteiger partial charge in [0.25, 0.3) is 0 Å². The molecule has 5 aromatic rings. The molecule has 1 atom stereocenters. The third-order valence-electron chi connectivity index (χ3n) is 9.84. The molecule has 15 heteroatoms. The zero-order valence-corrected chi connectivity index (χ0v) is 31.5. The quantitative estimate of drug-likeness (QED) is 0.0759. The van der Waals surface area contributed by atoms with Crippen molar-refractivity contribution in [1.82, 2.24) is 15.2 Å². The summed E-state index contributed by atoms with van der Waals surface area (Å²) in [5.41, 5.74) is -0.996. The van der Waals surface area contributed by atoms with E-state index in [0.29, 0.717) is 51.4 Å². The third kappa shape index (κ3) is 8.67. The predicted molar refractivity (Wildman–Crippen MR) is 206 cm³/mol. The van der Waals surface area contributed by atoms with E-state index in [0.717, 1.165) is 12.8 Å². The minimum atomic E-state index is -1.84. The van der Waals surface area contributed by atoms with Gasteiger partial charge in [0.2, 0.25) is 17.1 Å². The van der Waals surface area contributed by atoms with Crippen LogP contribution in [0.3, 0.4) is 0 Å². The maximum absolute atomic E-state index is 15.2. The zero-order chi connectivity index (χ0) is 38.4. The fourth-order valence-corrected chi connectivity index (χ4v) is 8.58. The first kappa shape index (κ1) is 39.1. The summed E-state index contributed by atoms with van der Waals surface area (Å²) >= 11 is 2.61. The summed E-state index contributed by atoms with van der Waals surface area (Å²) in [6.07, 6.45) is 1.39. The number of anilines is 1. The molecular weight excluding hydrogens is 736 g/mol. The number of carbonyl (C=O) groups is 2. The molecule has 2 aromatic carbocycles. The standard InChI is InChI=1S/C39H43FN4O8S2/c1-44(24-7-9-25(10-8-24)52-38(49)39(50,33-5-3-17-53-33)34-6-4-18-54-34)16-15-36(48)43-29-20-32(51-2)23(19-27(29)40)21-41-22-31(46)37-26-11-14-35(47)42-28(26)12-13-30(37)45/h3-6,11-14,17-20,24-25,31,41,45-46,50H,7-10,15-16,21-22H2,1-2H3,(H,42,47)(H,43,48)/t24?,25?,31-/m0/s1. The number of phenolic OH excluding ortho intramolecular Hbond substituents is 1. The lowest BCUT2D eigenvalue weighted by molar-refractivity contribution is -0.169. The molecule has 3 heterocycles. The first-order valence-corrected chi connectivity index (χ1v) is 19.4. The summed E-state index contributed by atoms with van der Waals surface area (Å²) in [4.78, 5) is 43.8. The largest absolute Gasteiger partial charge is 0.508 e. The van der Waals surface area contributed by atoms with Crippen LogP contribution in [0.1, 0.15) is 59.1 Å². The van der Waals surface area contributed by atoms with Crippen LogP contribution in [0.25, 0.3) is 10.9 Å². The van der Waals surface area contributed by atoms with Crippen molar-refractivity contribution >= 4 is 51.1 Å². The predicted octanol–water partition coefficient (Wildman–Crippen LogP) is 5.38. The van der Waals surface area contributed by atoms with Gasteiger partial charge in [-0.25, -0.2) is 9.18 Å². The third-order valence-corrected chi connectivity index (χ3v) is 11.8. The monoisotopic (exact) mass is 778 g/mol. The van der Waals surface area contributed by atoms with Crippen LogP contribution < -0.4 is 20.9 Å². The first-order valence-electron chi connectivity index (χ1n) is 17.6. The zero-order valence-electron chi connectivity index (χ0n) is 29.8. The molecule has 3 aromatic heterocycles. The van der Waals surface area contributed by atoms with Crippen molar-refractivity contribution in [2.45, 2.75) is 62.5 Å². The molecular formula is C39H43FN4O8S2. The number of aromatic nitrogens is 1. The normalized spacial score (nSPS) is 16.7. The number of aromatic hydroxyl groups is 1. The summed E-state index contributed by atoms with van der Waals surface area (Å²) < 4.78 is 26.6. The lowest BCUT2D eigenvalue weighted by Crippen LogP contribution is -2.42. The number of rotatable bonds is 15. The fraction of sp³-hybridized carbons (Fsp3) is 0.359. The van der Waals surface area contributed by atoms with Gasteiger partial charge in [-0.1, -0.05) is 12.1 Å². The molecule has 0 aliphatic heterocycles. The smallest absolute Gasteiger partial charge is 0.349 e. The van der Waals surface area contributed by atoms with E-state index in [1.807, 2.05) is 17.8 Å². The van der Waals surface area contributed by atoms with Crippen LogP contribution in [-0.4, -0.2) is 76.5 Å². The van der Waals surface area contributed by atoms with E-state index in [1.165, 1.54) is 60.1 Å². The van der Waals surface area contributed by atoms with Crippen LogP contribution >= 0.6 is 22.7 Å². The number of amides is 1. The van der Waals surface area contributed by atoms with Crippen molar-refractivity contribution in [2.75, 3.05) is 32.6 Å². The molecule has 1 aliphatic rings. The molecule has 1 aliphatic carbocycles. The van der Waals surface area contributed by atoms with Crippen LogP contribution in [-0.2, 0) is 26.5 Å². The molecule has 0 bridgehead atoms. The number of halogens is 1. The van der Waals surface area contributed by atoms with E-state index >= 15 is 4.39 Å². The average Bonchev–Trinajstić information content (AvgIpc) is 3.91.